The van der Waals surface area contributed by atoms with Crippen molar-refractivity contribution < 1.29 is 14.2 Å². The first-order chi connectivity index (χ1) is 20.8. The van der Waals surface area contributed by atoms with Crippen LogP contribution in [0.4, 0.5) is 0 Å². The Kier molecular flexibility index (Phi) is 8.25. The minimum atomic E-state index is -0.828. The number of hydrogen-bond acceptors (Lipinski definition) is 4. The number of aromatic nitrogens is 1. The molecule has 0 spiro atoms. The fourth-order valence-electron chi connectivity index (χ4n) is 5.56. The molecule has 0 N–H and O–H groups in total. The van der Waals surface area contributed by atoms with Crippen LogP contribution < -0.4 is 9.47 Å². The molecule has 6 aromatic rings. The normalized spacial score (nSPS) is 12.1. The second-order valence-corrected chi connectivity index (χ2v) is 10.2. The average molecular weight is 552 g/mol. The maximum Gasteiger partial charge on any atom is 0.143 e. The summed E-state index contributed by atoms with van der Waals surface area (Å²) in [5.74, 6) is 1.48. The molecule has 0 fully saturated rings. The van der Waals surface area contributed by atoms with Crippen LogP contribution >= 0.6 is 0 Å². The zero-order valence-electron chi connectivity index (χ0n) is 23.6. The molecule has 42 heavy (non-hydrogen) atoms. The van der Waals surface area contributed by atoms with Crippen LogP contribution in [0.5, 0.6) is 11.5 Å². The van der Waals surface area contributed by atoms with Gasteiger partial charge in [0.25, 0.3) is 0 Å². The molecule has 0 radical (unpaired) electrons. The van der Waals surface area contributed by atoms with Crippen molar-refractivity contribution in [3.63, 3.8) is 0 Å². The van der Waals surface area contributed by atoms with Gasteiger partial charge in [-0.25, -0.2) is 0 Å². The van der Waals surface area contributed by atoms with Gasteiger partial charge in [0.2, 0.25) is 0 Å². The summed E-state index contributed by atoms with van der Waals surface area (Å²) in [6.45, 7) is 0.831. The van der Waals surface area contributed by atoms with E-state index in [2.05, 4.69) is 96.0 Å². The van der Waals surface area contributed by atoms with Gasteiger partial charge in [0, 0.05) is 17.5 Å². The summed E-state index contributed by atoms with van der Waals surface area (Å²) in [7, 11) is 1.66. The number of rotatable bonds is 11. The maximum absolute atomic E-state index is 7.26. The first kappa shape index (κ1) is 27.3. The van der Waals surface area contributed by atoms with Crippen LogP contribution in [0.2, 0.25) is 0 Å². The van der Waals surface area contributed by atoms with Gasteiger partial charge < -0.3 is 14.2 Å². The van der Waals surface area contributed by atoms with Crippen LogP contribution in [-0.4, -0.2) is 25.3 Å². The Balaban J connectivity index is 1.43. The van der Waals surface area contributed by atoms with Crippen LogP contribution in [0.1, 0.15) is 28.2 Å². The third-order valence-corrected chi connectivity index (χ3v) is 7.68. The molecule has 1 aromatic heterocycles. The minimum Gasteiger partial charge on any atom is -0.497 e. The summed E-state index contributed by atoms with van der Waals surface area (Å²) >= 11 is 0. The summed E-state index contributed by atoms with van der Waals surface area (Å²) in [6, 6.07) is 49.4. The van der Waals surface area contributed by atoms with Crippen molar-refractivity contribution in [1.82, 2.24) is 4.98 Å². The maximum atomic E-state index is 7.26. The van der Waals surface area contributed by atoms with E-state index in [-0.39, 0.29) is 5.92 Å². The Morgan fingerprint density at radius 3 is 1.67 bits per heavy atom. The molecular formula is C38H33NO3. The Bertz CT molecular complexity index is 1600. The first-order valence-electron chi connectivity index (χ1n) is 14.2. The zero-order chi connectivity index (χ0) is 28.6. The standard InChI is InChI=1S/C38H33NO3/c1-40-33-21-23-34(24-22-33)41-27-29(35-25-26-39-37-20-12-11-19-36(35)37)28-42-38(30-13-5-2-6-14-30,31-15-7-3-8-16-31)32-17-9-4-10-18-32/h2-26,29H,27-28H2,1H3/t29-/m0/s1. The number of ether oxygens (including phenoxy) is 3. The van der Waals surface area contributed by atoms with Crippen molar-refractivity contribution in [2.45, 2.75) is 11.5 Å². The van der Waals surface area contributed by atoms with Crippen molar-refractivity contribution in [1.29, 1.82) is 0 Å². The lowest BCUT2D eigenvalue weighted by Gasteiger charge is -2.37. The molecule has 208 valence electrons. The topological polar surface area (TPSA) is 40.6 Å². The van der Waals surface area contributed by atoms with Gasteiger partial charge in [-0.05, 0) is 58.7 Å². The minimum absolute atomic E-state index is 0.0875. The van der Waals surface area contributed by atoms with E-state index in [1.165, 1.54) is 0 Å². The van der Waals surface area contributed by atoms with E-state index in [4.69, 9.17) is 14.2 Å². The number of fused-ring (bicyclic) bond motifs is 1. The molecule has 0 saturated carbocycles. The molecule has 0 aliphatic carbocycles. The van der Waals surface area contributed by atoms with Gasteiger partial charge in [-0.1, -0.05) is 109 Å². The largest absolute Gasteiger partial charge is 0.497 e. The Morgan fingerprint density at radius 1 is 0.571 bits per heavy atom. The van der Waals surface area contributed by atoms with E-state index in [1.807, 2.05) is 60.8 Å². The van der Waals surface area contributed by atoms with Gasteiger partial charge in [0.05, 0.1) is 25.8 Å². The molecular weight excluding hydrogens is 518 g/mol. The molecule has 1 atom stereocenters. The first-order valence-corrected chi connectivity index (χ1v) is 14.2. The molecule has 0 bridgehead atoms. The summed E-state index contributed by atoms with van der Waals surface area (Å²) in [6.07, 6.45) is 1.87. The molecule has 1 heterocycles. The number of methoxy groups -OCH3 is 1. The van der Waals surface area contributed by atoms with Crippen LogP contribution in [0.25, 0.3) is 10.9 Å². The highest BCUT2D eigenvalue weighted by molar-refractivity contribution is 5.82. The van der Waals surface area contributed by atoms with Gasteiger partial charge in [0.1, 0.15) is 17.1 Å². The van der Waals surface area contributed by atoms with Crippen molar-refractivity contribution in [3.8, 4) is 11.5 Å². The number of nitrogens with zero attached hydrogens (tertiary/aromatic N) is 1. The molecule has 6 rings (SSSR count). The van der Waals surface area contributed by atoms with Crippen LogP contribution in [-0.2, 0) is 10.3 Å². The Hall–Kier alpha value is -4.93. The van der Waals surface area contributed by atoms with E-state index >= 15 is 0 Å². The second-order valence-electron chi connectivity index (χ2n) is 10.2. The zero-order valence-corrected chi connectivity index (χ0v) is 23.6. The van der Waals surface area contributed by atoms with Gasteiger partial charge in [-0.2, -0.15) is 0 Å². The van der Waals surface area contributed by atoms with Gasteiger partial charge in [0.15, 0.2) is 0 Å². The molecule has 0 saturated heterocycles. The fourth-order valence-corrected chi connectivity index (χ4v) is 5.56. The molecule has 0 amide bonds. The smallest absolute Gasteiger partial charge is 0.143 e. The van der Waals surface area contributed by atoms with E-state index < -0.39 is 5.60 Å². The highest BCUT2D eigenvalue weighted by atomic mass is 16.5. The fraction of sp³-hybridized carbons (Fsp3) is 0.132. The molecule has 0 aliphatic rings. The number of para-hydroxylation sites is 1. The summed E-state index contributed by atoms with van der Waals surface area (Å²) in [5, 5.41) is 1.09. The predicted octanol–water partition coefficient (Wildman–Crippen LogP) is 8.41. The highest BCUT2D eigenvalue weighted by Gasteiger charge is 2.38. The third kappa shape index (κ3) is 5.63. The van der Waals surface area contributed by atoms with Crippen molar-refractivity contribution in [2.24, 2.45) is 0 Å². The third-order valence-electron chi connectivity index (χ3n) is 7.68. The van der Waals surface area contributed by atoms with E-state index in [1.54, 1.807) is 7.11 Å². The van der Waals surface area contributed by atoms with Crippen molar-refractivity contribution >= 4 is 10.9 Å². The highest BCUT2D eigenvalue weighted by Crippen LogP contribution is 2.41. The Labute approximate surface area is 247 Å². The molecule has 0 unspecified atom stereocenters. The molecule has 0 aliphatic heterocycles. The van der Waals surface area contributed by atoms with Crippen LogP contribution in [0.15, 0.2) is 152 Å². The lowest BCUT2D eigenvalue weighted by atomic mass is 9.80. The number of hydrogen-bond donors (Lipinski definition) is 0. The predicted molar refractivity (Wildman–Crippen MR) is 168 cm³/mol. The van der Waals surface area contributed by atoms with E-state index in [0.29, 0.717) is 13.2 Å². The lowest BCUT2D eigenvalue weighted by Crippen LogP contribution is -2.35. The molecule has 4 heteroatoms. The summed E-state index contributed by atoms with van der Waals surface area (Å²) in [4.78, 5) is 4.62. The van der Waals surface area contributed by atoms with Crippen molar-refractivity contribution in [2.75, 3.05) is 20.3 Å². The van der Waals surface area contributed by atoms with Gasteiger partial charge in [-0.15, -0.1) is 0 Å². The summed E-state index contributed by atoms with van der Waals surface area (Å²) in [5.41, 5.74) is 4.46. The number of pyridine rings is 1. The second kappa shape index (κ2) is 12.7. The SMILES string of the molecule is COc1ccc(OC[C@@H](COC(c2ccccc2)(c2ccccc2)c2ccccc2)c2ccnc3ccccc23)cc1. The molecule has 5 aromatic carbocycles. The Morgan fingerprint density at radius 2 is 1.10 bits per heavy atom. The van der Waals surface area contributed by atoms with E-state index in [0.717, 1.165) is 44.7 Å². The summed E-state index contributed by atoms with van der Waals surface area (Å²) < 4.78 is 19.0. The lowest BCUT2D eigenvalue weighted by molar-refractivity contribution is -0.00156. The van der Waals surface area contributed by atoms with Gasteiger partial charge in [-0.3, -0.25) is 4.98 Å². The van der Waals surface area contributed by atoms with Crippen LogP contribution in [0.3, 0.4) is 0 Å². The monoisotopic (exact) mass is 551 g/mol. The number of benzene rings is 5. The average Bonchev–Trinajstić information content (AvgIpc) is 3.08. The quantitative estimate of drug-likeness (QED) is 0.152. The van der Waals surface area contributed by atoms with Gasteiger partial charge >= 0.3 is 0 Å². The van der Waals surface area contributed by atoms with Crippen LogP contribution in [0, 0.1) is 0 Å². The molecule has 4 nitrogen and oxygen atoms in total. The van der Waals surface area contributed by atoms with Crippen molar-refractivity contribution in [3.05, 3.63) is 174 Å². The van der Waals surface area contributed by atoms with E-state index in [9.17, 15) is 0 Å².